The molecule has 0 aliphatic heterocycles. The summed E-state index contributed by atoms with van der Waals surface area (Å²) in [7, 11) is 1.84. The van der Waals surface area contributed by atoms with Crippen LogP contribution in [0.4, 0.5) is 5.69 Å². The van der Waals surface area contributed by atoms with Gasteiger partial charge >= 0.3 is 0 Å². The molecule has 0 aliphatic rings. The molecule has 2 rings (SSSR count). The first-order chi connectivity index (χ1) is 11.1. The molecule has 0 aliphatic carbocycles. The summed E-state index contributed by atoms with van der Waals surface area (Å²) < 4.78 is 1.77. The van der Waals surface area contributed by atoms with E-state index in [1.165, 1.54) is 11.8 Å². The van der Waals surface area contributed by atoms with Crippen molar-refractivity contribution in [3.8, 4) is 6.07 Å². The van der Waals surface area contributed by atoms with E-state index in [2.05, 4.69) is 21.6 Å². The van der Waals surface area contributed by atoms with Crippen LogP contribution in [0.3, 0.4) is 0 Å². The number of carbonyl (C=O) groups is 1. The molecule has 1 unspecified atom stereocenters. The molecule has 23 heavy (non-hydrogen) atoms. The molecule has 1 N–H and O–H groups in total. The number of nitrogens with zero attached hydrogens (tertiary/aromatic N) is 4. The number of aryl methyl sites for hydroxylation is 1. The Morgan fingerprint density at radius 2 is 2.26 bits per heavy atom. The number of thioether (sulfide) groups is 2. The largest absolute Gasteiger partial charge is 0.324 e. The predicted octanol–water partition coefficient (Wildman–Crippen LogP) is 2.94. The molecule has 120 valence electrons. The van der Waals surface area contributed by atoms with E-state index in [4.69, 9.17) is 5.26 Å². The lowest BCUT2D eigenvalue weighted by atomic mass is 10.3. The van der Waals surface area contributed by atoms with Crippen LogP contribution >= 0.6 is 23.5 Å². The highest BCUT2D eigenvalue weighted by atomic mass is 32.2. The van der Waals surface area contributed by atoms with Crippen molar-refractivity contribution < 1.29 is 4.79 Å². The van der Waals surface area contributed by atoms with Crippen molar-refractivity contribution in [1.82, 2.24) is 14.8 Å². The zero-order valence-electron chi connectivity index (χ0n) is 12.9. The summed E-state index contributed by atoms with van der Waals surface area (Å²) in [6, 6.07) is 9.78. The van der Waals surface area contributed by atoms with Gasteiger partial charge in [-0.3, -0.25) is 4.79 Å². The third-order valence-electron chi connectivity index (χ3n) is 2.87. The van der Waals surface area contributed by atoms with E-state index in [9.17, 15) is 4.79 Å². The van der Waals surface area contributed by atoms with Crippen molar-refractivity contribution >= 4 is 35.1 Å². The Hall–Kier alpha value is -1.98. The maximum atomic E-state index is 12.1. The topological polar surface area (TPSA) is 83.6 Å². The van der Waals surface area contributed by atoms with Crippen LogP contribution in [0.15, 0.2) is 40.6 Å². The van der Waals surface area contributed by atoms with Gasteiger partial charge in [-0.15, -0.1) is 22.0 Å². The molecule has 0 radical (unpaired) electrons. The average Bonchev–Trinajstić information content (AvgIpc) is 2.93. The molecule has 0 saturated carbocycles. The Morgan fingerprint density at radius 1 is 1.48 bits per heavy atom. The molecular formula is C15H17N5OS2. The molecule has 2 aromatic rings. The zero-order chi connectivity index (χ0) is 16.7. The zero-order valence-corrected chi connectivity index (χ0v) is 14.5. The Kier molecular flexibility index (Phi) is 6.50. The molecule has 1 aromatic carbocycles. The van der Waals surface area contributed by atoms with Gasteiger partial charge in [-0.05, 0) is 12.1 Å². The van der Waals surface area contributed by atoms with E-state index in [1.807, 2.05) is 38.2 Å². The monoisotopic (exact) mass is 347 g/mol. The summed E-state index contributed by atoms with van der Waals surface area (Å²) in [5.41, 5.74) is 0.769. The Morgan fingerprint density at radius 3 is 2.96 bits per heavy atom. The number of carbonyl (C=O) groups excluding carboxylic acids is 1. The van der Waals surface area contributed by atoms with Gasteiger partial charge in [0.1, 0.15) is 6.33 Å². The third kappa shape index (κ3) is 5.30. The SMILES string of the molecule is CC(CC#N)Sc1ccccc1NC(=O)CSc1nncn1C. The fourth-order valence-electron chi connectivity index (χ4n) is 1.78. The summed E-state index contributed by atoms with van der Waals surface area (Å²) in [6.07, 6.45) is 2.07. The number of benzene rings is 1. The average molecular weight is 347 g/mol. The van der Waals surface area contributed by atoms with Crippen molar-refractivity contribution in [2.24, 2.45) is 7.05 Å². The molecule has 0 saturated heterocycles. The minimum absolute atomic E-state index is 0.0982. The highest BCUT2D eigenvalue weighted by molar-refractivity contribution is 8.00. The number of hydrogen-bond donors (Lipinski definition) is 1. The summed E-state index contributed by atoms with van der Waals surface area (Å²) in [6.45, 7) is 2.00. The number of aromatic nitrogens is 3. The van der Waals surface area contributed by atoms with E-state index in [1.54, 1.807) is 22.7 Å². The van der Waals surface area contributed by atoms with Crippen molar-refractivity contribution in [3.05, 3.63) is 30.6 Å². The van der Waals surface area contributed by atoms with Crippen LogP contribution in [0, 0.1) is 11.3 Å². The van der Waals surface area contributed by atoms with Crippen molar-refractivity contribution in [2.45, 2.75) is 28.6 Å². The first-order valence-corrected chi connectivity index (χ1v) is 8.86. The summed E-state index contributed by atoms with van der Waals surface area (Å²) in [5.74, 6) is 0.165. The van der Waals surface area contributed by atoms with E-state index >= 15 is 0 Å². The van der Waals surface area contributed by atoms with Gasteiger partial charge in [-0.1, -0.05) is 30.8 Å². The molecular weight excluding hydrogens is 330 g/mol. The van der Waals surface area contributed by atoms with Gasteiger partial charge in [-0.2, -0.15) is 5.26 Å². The second-order valence-electron chi connectivity index (χ2n) is 4.85. The smallest absolute Gasteiger partial charge is 0.234 e. The number of nitrogens with one attached hydrogen (secondary N) is 1. The second-order valence-corrected chi connectivity index (χ2v) is 7.27. The Balaban J connectivity index is 1.95. The molecule has 6 nitrogen and oxygen atoms in total. The maximum Gasteiger partial charge on any atom is 0.234 e. The minimum Gasteiger partial charge on any atom is -0.324 e. The van der Waals surface area contributed by atoms with Crippen LogP contribution in [0.2, 0.25) is 0 Å². The van der Waals surface area contributed by atoms with Crippen molar-refractivity contribution in [3.63, 3.8) is 0 Å². The summed E-state index contributed by atoms with van der Waals surface area (Å²) >= 11 is 2.92. The first-order valence-electron chi connectivity index (χ1n) is 6.99. The molecule has 1 atom stereocenters. The van der Waals surface area contributed by atoms with Gasteiger partial charge in [-0.25, -0.2) is 0 Å². The van der Waals surface area contributed by atoms with Gasteiger partial charge in [0.2, 0.25) is 5.91 Å². The lowest BCUT2D eigenvalue weighted by Crippen LogP contribution is -2.15. The number of anilines is 1. The second kappa shape index (κ2) is 8.60. The van der Waals surface area contributed by atoms with E-state index < -0.39 is 0 Å². The fraction of sp³-hybridized carbons (Fsp3) is 0.333. The molecule has 0 fully saturated rings. The van der Waals surface area contributed by atoms with Gasteiger partial charge in [0.15, 0.2) is 5.16 Å². The number of amides is 1. The normalized spacial score (nSPS) is 11.7. The van der Waals surface area contributed by atoms with Crippen LogP contribution < -0.4 is 5.32 Å². The molecule has 1 heterocycles. The van der Waals surface area contributed by atoms with Gasteiger partial charge in [0.05, 0.1) is 17.5 Å². The Labute approximate surface area is 143 Å². The van der Waals surface area contributed by atoms with Gasteiger partial charge in [0, 0.05) is 23.6 Å². The summed E-state index contributed by atoms with van der Waals surface area (Å²) in [5, 5.41) is 20.3. The highest BCUT2D eigenvalue weighted by Gasteiger charge is 2.12. The third-order valence-corrected chi connectivity index (χ3v) is 5.08. The number of nitriles is 1. The first kappa shape index (κ1) is 17.4. The van der Waals surface area contributed by atoms with Crippen LogP contribution in [-0.2, 0) is 11.8 Å². The lowest BCUT2D eigenvalue weighted by Gasteiger charge is -2.13. The highest BCUT2D eigenvalue weighted by Crippen LogP contribution is 2.31. The van der Waals surface area contributed by atoms with E-state index in [0.29, 0.717) is 11.6 Å². The minimum atomic E-state index is -0.0982. The standard InChI is InChI=1S/C15H17N5OS2/c1-11(7-8-16)23-13-6-4-3-5-12(13)18-14(21)9-22-15-19-17-10-20(15)2/h3-6,10-11H,7,9H2,1-2H3,(H,18,21). The molecule has 0 bridgehead atoms. The summed E-state index contributed by atoms with van der Waals surface area (Å²) in [4.78, 5) is 13.1. The predicted molar refractivity (Wildman–Crippen MR) is 92.3 cm³/mol. The quantitative estimate of drug-likeness (QED) is 0.775. The van der Waals surface area contributed by atoms with Crippen molar-refractivity contribution in [2.75, 3.05) is 11.1 Å². The lowest BCUT2D eigenvalue weighted by molar-refractivity contribution is -0.113. The molecule has 1 amide bonds. The van der Waals surface area contributed by atoms with Crippen LogP contribution in [0.25, 0.3) is 0 Å². The fourth-order valence-corrected chi connectivity index (χ4v) is 3.46. The van der Waals surface area contributed by atoms with Crippen LogP contribution in [-0.4, -0.2) is 31.7 Å². The Bertz CT molecular complexity index is 710. The van der Waals surface area contributed by atoms with Gasteiger partial charge < -0.3 is 9.88 Å². The van der Waals surface area contributed by atoms with Crippen LogP contribution in [0.1, 0.15) is 13.3 Å². The number of hydrogen-bond acceptors (Lipinski definition) is 6. The molecule has 1 aromatic heterocycles. The van der Waals surface area contributed by atoms with Gasteiger partial charge in [0.25, 0.3) is 0 Å². The molecule has 8 heteroatoms. The van der Waals surface area contributed by atoms with E-state index in [0.717, 1.165) is 10.6 Å². The number of rotatable bonds is 7. The van der Waals surface area contributed by atoms with Crippen molar-refractivity contribution in [1.29, 1.82) is 5.26 Å². The molecule has 0 spiro atoms. The number of para-hydroxylation sites is 1. The maximum absolute atomic E-state index is 12.1. The van der Waals surface area contributed by atoms with Crippen LogP contribution in [0.5, 0.6) is 0 Å². The van der Waals surface area contributed by atoms with E-state index in [-0.39, 0.29) is 16.9 Å².